The van der Waals surface area contributed by atoms with Gasteiger partial charge in [-0.1, -0.05) is 18.2 Å². The molecule has 0 unspecified atom stereocenters. The van der Waals surface area contributed by atoms with Crippen molar-refractivity contribution in [3.63, 3.8) is 0 Å². The molecule has 0 spiro atoms. The van der Waals surface area contributed by atoms with Gasteiger partial charge < -0.3 is 0 Å². The predicted molar refractivity (Wildman–Crippen MR) is 45.0 cm³/mol. The van der Waals surface area contributed by atoms with Gasteiger partial charge >= 0.3 is 0 Å². The smallest absolute Gasteiger partial charge is 0.127 e. The number of hydrogen-bond acceptors (Lipinski definition) is 2. The summed E-state index contributed by atoms with van der Waals surface area (Å²) >= 11 is 0. The first-order valence-corrected chi connectivity index (χ1v) is 3.32. The van der Waals surface area contributed by atoms with Crippen LogP contribution in [0.15, 0.2) is 11.1 Å². The summed E-state index contributed by atoms with van der Waals surface area (Å²) in [5.41, 5.74) is 1.23. The van der Waals surface area contributed by atoms with E-state index < -0.39 is 0 Å². The molecule has 4 heteroatoms. The van der Waals surface area contributed by atoms with Crippen LogP contribution in [0.1, 0.15) is 0 Å². The molecule has 0 aliphatic carbocycles. The number of allylic oxidation sites excluding steroid dienone is 2. The van der Waals surface area contributed by atoms with E-state index in [0.717, 1.165) is 18.2 Å². The van der Waals surface area contributed by atoms with Gasteiger partial charge in [-0.25, -0.2) is 0 Å². The lowest BCUT2D eigenvalue weighted by Gasteiger charge is -1.96. The first-order chi connectivity index (χ1) is 4.79. The van der Waals surface area contributed by atoms with Gasteiger partial charge in [0, 0.05) is 0 Å². The summed E-state index contributed by atoms with van der Waals surface area (Å²) in [6.45, 7) is 0. The van der Waals surface area contributed by atoms with Gasteiger partial charge in [0.1, 0.15) is 33.4 Å². The molecule has 0 aromatic rings. The number of hydrogen-bond donors (Lipinski definition) is 0. The maximum atomic E-state index is 8.43. The molecule has 0 N–H and O–H groups in total. The van der Waals surface area contributed by atoms with Crippen molar-refractivity contribution in [2.24, 2.45) is 0 Å². The van der Waals surface area contributed by atoms with E-state index in [-0.39, 0.29) is 5.57 Å². The number of nitriles is 2. The highest BCUT2D eigenvalue weighted by Gasteiger charge is 1.99. The van der Waals surface area contributed by atoms with Gasteiger partial charge in [0.25, 0.3) is 0 Å². The second-order valence-corrected chi connectivity index (χ2v) is 1.91. The molecule has 0 atom stereocenters. The molecule has 0 amide bonds. The molecule has 0 saturated carbocycles. The summed E-state index contributed by atoms with van der Waals surface area (Å²) in [6, 6.07) is 3.74. The van der Waals surface area contributed by atoms with Crippen LogP contribution < -0.4 is 0 Å². The quantitative estimate of drug-likeness (QED) is 0.371. The van der Waals surface area contributed by atoms with Gasteiger partial charge in [0.05, 0.1) is 0 Å². The highest BCUT2D eigenvalue weighted by atomic mass is 14.3. The minimum absolute atomic E-state index is 0.282. The Labute approximate surface area is 63.0 Å². The fraction of sp³-hybridized carbons (Fsp3) is 0.333. The summed E-state index contributed by atoms with van der Waals surface area (Å²) in [4.78, 5) is 0. The standard InChI is InChI=1S/C6H8B2N2/c7-1-5(2-8)6(3-9)4-10/h1-2,7-8H2. The van der Waals surface area contributed by atoms with Crippen LogP contribution in [0.25, 0.3) is 0 Å². The fourth-order valence-corrected chi connectivity index (χ4v) is 0.787. The molecule has 10 heavy (non-hydrogen) atoms. The molecule has 0 aromatic heterocycles. The molecule has 0 rings (SSSR count). The van der Waals surface area contributed by atoms with Crippen molar-refractivity contribution in [2.75, 3.05) is 0 Å². The Morgan fingerprint density at radius 2 is 1.50 bits per heavy atom. The van der Waals surface area contributed by atoms with E-state index in [1.165, 1.54) is 0 Å². The van der Waals surface area contributed by atoms with Crippen LogP contribution in [-0.4, -0.2) is 15.7 Å². The molecular formula is C6H8B2N2. The van der Waals surface area contributed by atoms with Crippen molar-refractivity contribution in [3.8, 4) is 12.1 Å². The van der Waals surface area contributed by atoms with E-state index in [2.05, 4.69) is 0 Å². The maximum Gasteiger partial charge on any atom is 0.127 e. The molecule has 0 saturated heterocycles. The van der Waals surface area contributed by atoms with Crippen molar-refractivity contribution in [2.45, 2.75) is 12.6 Å². The Bertz CT molecular complexity index is 197. The van der Waals surface area contributed by atoms with Gasteiger partial charge in [-0.2, -0.15) is 10.5 Å². The zero-order valence-corrected chi connectivity index (χ0v) is 6.31. The van der Waals surface area contributed by atoms with Crippen LogP contribution in [0, 0.1) is 22.7 Å². The highest BCUT2D eigenvalue weighted by Crippen LogP contribution is 2.09. The van der Waals surface area contributed by atoms with Crippen molar-refractivity contribution in [1.29, 1.82) is 10.5 Å². The van der Waals surface area contributed by atoms with Gasteiger partial charge in [-0.3, -0.25) is 0 Å². The average molecular weight is 130 g/mol. The molecular weight excluding hydrogens is 122 g/mol. The normalized spacial score (nSPS) is 7.40. The zero-order valence-electron chi connectivity index (χ0n) is 6.31. The molecule has 0 radical (unpaired) electrons. The van der Waals surface area contributed by atoms with Crippen molar-refractivity contribution >= 4 is 15.7 Å². The molecule has 48 valence electrons. The summed E-state index contributed by atoms with van der Waals surface area (Å²) in [7, 11) is 3.90. The predicted octanol–water partition coefficient (Wildman–Crippen LogP) is -0.567. The topological polar surface area (TPSA) is 47.6 Å². The third-order valence-electron chi connectivity index (χ3n) is 1.43. The Balaban J connectivity index is 4.62. The third-order valence-corrected chi connectivity index (χ3v) is 1.43. The molecule has 2 nitrogen and oxygen atoms in total. The minimum Gasteiger partial charge on any atom is -0.192 e. The lowest BCUT2D eigenvalue weighted by molar-refractivity contribution is 1.31. The molecule has 0 aromatic carbocycles. The van der Waals surface area contributed by atoms with Crippen LogP contribution in [0.5, 0.6) is 0 Å². The Hall–Kier alpha value is -1.15. The maximum absolute atomic E-state index is 8.43. The van der Waals surface area contributed by atoms with Gasteiger partial charge in [-0.15, -0.1) is 0 Å². The zero-order chi connectivity index (χ0) is 7.98. The van der Waals surface area contributed by atoms with Crippen LogP contribution in [0.2, 0.25) is 12.6 Å². The van der Waals surface area contributed by atoms with Crippen LogP contribution >= 0.6 is 0 Å². The molecule has 0 heterocycles. The first kappa shape index (κ1) is 8.85. The minimum atomic E-state index is 0.282. The third kappa shape index (κ3) is 1.99. The Morgan fingerprint density at radius 3 is 1.60 bits per heavy atom. The van der Waals surface area contributed by atoms with Crippen LogP contribution in [0.3, 0.4) is 0 Å². The summed E-state index contributed by atoms with van der Waals surface area (Å²) < 4.78 is 0. The first-order valence-electron chi connectivity index (χ1n) is 3.32. The van der Waals surface area contributed by atoms with E-state index in [1.54, 1.807) is 0 Å². The van der Waals surface area contributed by atoms with Gasteiger partial charge in [-0.05, 0) is 0 Å². The van der Waals surface area contributed by atoms with E-state index in [1.807, 2.05) is 27.8 Å². The van der Waals surface area contributed by atoms with Gasteiger partial charge in [0.2, 0.25) is 0 Å². The SMILES string of the molecule is BCC(CB)=C(C#N)C#N. The molecule has 0 fully saturated rings. The molecule has 0 bridgehead atoms. The summed E-state index contributed by atoms with van der Waals surface area (Å²) in [5.74, 6) is 0. The van der Waals surface area contributed by atoms with Crippen molar-refractivity contribution < 1.29 is 0 Å². The molecule has 0 aliphatic heterocycles. The monoisotopic (exact) mass is 130 g/mol. The Morgan fingerprint density at radius 1 is 1.10 bits per heavy atom. The van der Waals surface area contributed by atoms with Crippen LogP contribution in [-0.2, 0) is 0 Å². The fourth-order valence-electron chi connectivity index (χ4n) is 0.787. The van der Waals surface area contributed by atoms with E-state index in [0.29, 0.717) is 0 Å². The second kappa shape index (κ2) is 4.70. The molecule has 0 aliphatic rings. The van der Waals surface area contributed by atoms with Crippen LogP contribution in [0.4, 0.5) is 0 Å². The van der Waals surface area contributed by atoms with E-state index in [9.17, 15) is 0 Å². The number of nitrogens with zero attached hydrogens (tertiary/aromatic N) is 2. The Kier molecular flexibility index (Phi) is 4.16. The average Bonchev–Trinajstić information content (AvgIpc) is 2.00. The lowest BCUT2D eigenvalue weighted by atomic mass is 9.84. The lowest BCUT2D eigenvalue weighted by Crippen LogP contribution is -1.86. The largest absolute Gasteiger partial charge is 0.192 e. The van der Waals surface area contributed by atoms with E-state index in [4.69, 9.17) is 10.5 Å². The van der Waals surface area contributed by atoms with Crippen molar-refractivity contribution in [1.82, 2.24) is 0 Å². The van der Waals surface area contributed by atoms with Gasteiger partial charge in [0.15, 0.2) is 0 Å². The summed E-state index contributed by atoms with van der Waals surface area (Å²) in [6.07, 6.45) is 1.60. The second-order valence-electron chi connectivity index (χ2n) is 1.91. The van der Waals surface area contributed by atoms with Crippen molar-refractivity contribution in [3.05, 3.63) is 11.1 Å². The number of rotatable bonds is 2. The highest BCUT2D eigenvalue weighted by molar-refractivity contribution is 6.14. The van der Waals surface area contributed by atoms with E-state index >= 15 is 0 Å². The summed E-state index contributed by atoms with van der Waals surface area (Å²) in [5, 5.41) is 16.9.